The lowest BCUT2D eigenvalue weighted by atomic mass is 9.98. The van der Waals surface area contributed by atoms with Gasteiger partial charge in [-0.3, -0.25) is 0 Å². The Kier molecular flexibility index (Phi) is 6.18. The molecule has 2 heterocycles. The van der Waals surface area contributed by atoms with Crippen molar-refractivity contribution in [3.63, 3.8) is 0 Å². The summed E-state index contributed by atoms with van der Waals surface area (Å²) in [7, 11) is 0. The molecule has 1 aliphatic rings. The van der Waals surface area contributed by atoms with Crippen LogP contribution in [0, 0.1) is 0 Å². The zero-order valence-corrected chi connectivity index (χ0v) is 17.4. The van der Waals surface area contributed by atoms with Crippen molar-refractivity contribution in [3.05, 3.63) is 59.4 Å². The van der Waals surface area contributed by atoms with Crippen LogP contribution < -0.4 is 10.1 Å². The standard InChI is InChI=1S/C22H23ClN4O3/c1-2-29-19-11-4-3-10-18(19)24-22(28)27-12-6-8-16(14-27)21-25-20(26-30-21)15-7-5-9-17(23)13-15/h3-5,7,9-11,13,16H,2,6,8,12,14H2,1H3,(H,24,28). The minimum atomic E-state index is -0.165. The number of amides is 2. The van der Waals surface area contributed by atoms with Gasteiger partial charge in [0.05, 0.1) is 18.2 Å². The summed E-state index contributed by atoms with van der Waals surface area (Å²) in [4.78, 5) is 19.2. The van der Waals surface area contributed by atoms with E-state index in [0.717, 1.165) is 18.4 Å². The van der Waals surface area contributed by atoms with Gasteiger partial charge in [0.1, 0.15) is 5.75 Å². The van der Waals surface area contributed by atoms with Gasteiger partial charge in [0.25, 0.3) is 0 Å². The highest BCUT2D eigenvalue weighted by molar-refractivity contribution is 6.30. The number of hydrogen-bond acceptors (Lipinski definition) is 5. The molecule has 2 amide bonds. The number of anilines is 1. The maximum Gasteiger partial charge on any atom is 0.321 e. The monoisotopic (exact) mass is 426 g/mol. The van der Waals surface area contributed by atoms with E-state index in [4.69, 9.17) is 20.9 Å². The summed E-state index contributed by atoms with van der Waals surface area (Å²) >= 11 is 6.06. The zero-order chi connectivity index (χ0) is 20.9. The molecule has 1 unspecified atom stereocenters. The molecule has 1 aliphatic heterocycles. The van der Waals surface area contributed by atoms with Gasteiger partial charge in [-0.15, -0.1) is 0 Å². The second-order valence-corrected chi connectivity index (χ2v) is 7.55. The molecule has 2 aromatic carbocycles. The van der Waals surface area contributed by atoms with Crippen molar-refractivity contribution in [2.24, 2.45) is 0 Å². The van der Waals surface area contributed by atoms with Gasteiger partial charge in [-0.1, -0.05) is 41.0 Å². The summed E-state index contributed by atoms with van der Waals surface area (Å²) in [6, 6.07) is 14.6. The number of likely N-dealkylation sites (tertiary alicyclic amines) is 1. The zero-order valence-electron chi connectivity index (χ0n) is 16.7. The molecule has 156 valence electrons. The van der Waals surface area contributed by atoms with E-state index in [9.17, 15) is 4.79 Å². The maximum absolute atomic E-state index is 12.8. The Balaban J connectivity index is 1.44. The number of aromatic nitrogens is 2. The third-order valence-electron chi connectivity index (χ3n) is 5.01. The number of nitrogens with one attached hydrogen (secondary N) is 1. The third-order valence-corrected chi connectivity index (χ3v) is 5.25. The smallest absolute Gasteiger partial charge is 0.321 e. The second kappa shape index (κ2) is 9.17. The number of carbonyl (C=O) groups excluding carboxylic acids is 1. The molecule has 0 spiro atoms. The first-order valence-electron chi connectivity index (χ1n) is 10.0. The van der Waals surface area contributed by atoms with Gasteiger partial charge >= 0.3 is 6.03 Å². The van der Waals surface area contributed by atoms with Crippen LogP contribution in [-0.4, -0.2) is 40.8 Å². The Morgan fingerprint density at radius 3 is 3.00 bits per heavy atom. The van der Waals surface area contributed by atoms with Gasteiger partial charge in [-0.2, -0.15) is 4.98 Å². The van der Waals surface area contributed by atoms with Crippen LogP contribution in [0.2, 0.25) is 5.02 Å². The number of urea groups is 1. The number of para-hydroxylation sites is 2. The number of nitrogens with zero attached hydrogens (tertiary/aromatic N) is 3. The molecule has 1 atom stereocenters. The van der Waals surface area contributed by atoms with Crippen LogP contribution in [0.4, 0.5) is 10.5 Å². The Bertz CT molecular complexity index is 1020. The van der Waals surface area contributed by atoms with Crippen LogP contribution in [0.25, 0.3) is 11.4 Å². The molecule has 0 radical (unpaired) electrons. The average Bonchev–Trinajstić information content (AvgIpc) is 3.26. The second-order valence-electron chi connectivity index (χ2n) is 7.11. The van der Waals surface area contributed by atoms with E-state index in [-0.39, 0.29) is 11.9 Å². The van der Waals surface area contributed by atoms with E-state index < -0.39 is 0 Å². The van der Waals surface area contributed by atoms with Crippen molar-refractivity contribution in [2.75, 3.05) is 25.0 Å². The predicted octanol–water partition coefficient (Wildman–Crippen LogP) is 5.20. The largest absolute Gasteiger partial charge is 0.492 e. The number of hydrogen-bond donors (Lipinski definition) is 1. The van der Waals surface area contributed by atoms with Crippen molar-refractivity contribution in [3.8, 4) is 17.1 Å². The summed E-state index contributed by atoms with van der Waals surface area (Å²) in [5.41, 5.74) is 1.46. The lowest BCUT2D eigenvalue weighted by Gasteiger charge is -2.31. The lowest BCUT2D eigenvalue weighted by Crippen LogP contribution is -2.41. The number of carbonyl (C=O) groups is 1. The Morgan fingerprint density at radius 2 is 2.17 bits per heavy atom. The van der Waals surface area contributed by atoms with Crippen LogP contribution in [0.5, 0.6) is 5.75 Å². The molecule has 1 fully saturated rings. The molecule has 1 saturated heterocycles. The molecule has 4 rings (SSSR count). The van der Waals surface area contributed by atoms with E-state index in [1.54, 1.807) is 17.0 Å². The highest BCUT2D eigenvalue weighted by Crippen LogP contribution is 2.29. The Labute approximate surface area is 180 Å². The summed E-state index contributed by atoms with van der Waals surface area (Å²) in [6.07, 6.45) is 1.75. The predicted molar refractivity (Wildman–Crippen MR) is 115 cm³/mol. The summed E-state index contributed by atoms with van der Waals surface area (Å²) in [5.74, 6) is 1.69. The quantitative estimate of drug-likeness (QED) is 0.606. The molecule has 0 aliphatic carbocycles. The number of piperidine rings is 1. The molecule has 1 N–H and O–H groups in total. The molecule has 0 bridgehead atoms. The van der Waals surface area contributed by atoms with Crippen molar-refractivity contribution < 1.29 is 14.1 Å². The fraction of sp³-hybridized carbons (Fsp3) is 0.318. The number of halogens is 1. The molecular formula is C22H23ClN4O3. The summed E-state index contributed by atoms with van der Waals surface area (Å²) in [6.45, 7) is 3.63. The number of ether oxygens (including phenoxy) is 1. The van der Waals surface area contributed by atoms with E-state index in [1.165, 1.54) is 0 Å². The lowest BCUT2D eigenvalue weighted by molar-refractivity contribution is 0.184. The first kappa shape index (κ1) is 20.2. The van der Waals surface area contributed by atoms with Gasteiger partial charge < -0.3 is 19.5 Å². The maximum atomic E-state index is 12.8. The molecule has 0 saturated carbocycles. The van der Waals surface area contributed by atoms with E-state index in [2.05, 4.69) is 15.5 Å². The molecule has 7 nitrogen and oxygen atoms in total. The first-order chi connectivity index (χ1) is 14.6. The average molecular weight is 427 g/mol. The van der Waals surface area contributed by atoms with E-state index in [1.807, 2.05) is 43.3 Å². The minimum absolute atomic E-state index is 0.00734. The van der Waals surface area contributed by atoms with Crippen molar-refractivity contribution in [2.45, 2.75) is 25.7 Å². The van der Waals surface area contributed by atoms with E-state index in [0.29, 0.717) is 47.9 Å². The molecular weight excluding hydrogens is 404 g/mol. The van der Waals surface area contributed by atoms with Crippen LogP contribution >= 0.6 is 11.6 Å². The normalized spacial score (nSPS) is 16.3. The van der Waals surface area contributed by atoms with Gasteiger partial charge in [-0.05, 0) is 44.0 Å². The number of rotatable bonds is 5. The molecule has 1 aromatic heterocycles. The van der Waals surface area contributed by atoms with E-state index >= 15 is 0 Å². The molecule has 30 heavy (non-hydrogen) atoms. The van der Waals surface area contributed by atoms with Gasteiger partial charge in [-0.25, -0.2) is 4.79 Å². The number of benzene rings is 2. The topological polar surface area (TPSA) is 80.5 Å². The fourth-order valence-corrected chi connectivity index (χ4v) is 3.74. The molecule has 3 aromatic rings. The van der Waals surface area contributed by atoms with Crippen molar-refractivity contribution >= 4 is 23.3 Å². The van der Waals surface area contributed by atoms with Crippen molar-refractivity contribution in [1.82, 2.24) is 15.0 Å². The van der Waals surface area contributed by atoms with Gasteiger partial charge in [0, 0.05) is 23.7 Å². The van der Waals surface area contributed by atoms with Crippen LogP contribution in [0.15, 0.2) is 53.1 Å². The van der Waals surface area contributed by atoms with Gasteiger partial charge in [0.2, 0.25) is 11.7 Å². The first-order valence-corrected chi connectivity index (χ1v) is 10.4. The third kappa shape index (κ3) is 4.57. The van der Waals surface area contributed by atoms with Crippen molar-refractivity contribution in [1.29, 1.82) is 0 Å². The van der Waals surface area contributed by atoms with Gasteiger partial charge in [0.15, 0.2) is 0 Å². The highest BCUT2D eigenvalue weighted by Gasteiger charge is 2.29. The highest BCUT2D eigenvalue weighted by atomic mass is 35.5. The Hall–Kier alpha value is -3.06. The van der Waals surface area contributed by atoms with Crippen LogP contribution in [-0.2, 0) is 0 Å². The Morgan fingerprint density at radius 1 is 1.30 bits per heavy atom. The van der Waals surface area contributed by atoms with Crippen LogP contribution in [0.3, 0.4) is 0 Å². The molecule has 8 heteroatoms. The SMILES string of the molecule is CCOc1ccccc1NC(=O)N1CCCC(c2nc(-c3cccc(Cl)c3)no2)C1. The fourth-order valence-electron chi connectivity index (χ4n) is 3.55. The minimum Gasteiger partial charge on any atom is -0.492 e. The van der Waals surface area contributed by atoms with Crippen LogP contribution in [0.1, 0.15) is 31.6 Å². The summed E-state index contributed by atoms with van der Waals surface area (Å²) < 4.78 is 11.1. The summed E-state index contributed by atoms with van der Waals surface area (Å²) in [5, 5.41) is 7.66.